The second kappa shape index (κ2) is 3.14. The summed E-state index contributed by atoms with van der Waals surface area (Å²) in [5.74, 6) is 1.01. The van der Waals surface area contributed by atoms with Crippen LogP contribution < -0.4 is 0 Å². The highest BCUT2D eigenvalue weighted by atomic mass is 15.2. The third-order valence-electron chi connectivity index (χ3n) is 3.39. The van der Waals surface area contributed by atoms with Crippen LogP contribution in [0.4, 0.5) is 0 Å². The number of rotatable bonds is 1. The molecule has 1 aliphatic carbocycles. The highest BCUT2D eigenvalue weighted by molar-refractivity contribution is 4.82. The first kappa shape index (κ1) is 7.60. The molecule has 1 heteroatoms. The van der Waals surface area contributed by atoms with Crippen LogP contribution in [-0.2, 0) is 0 Å². The summed E-state index contributed by atoms with van der Waals surface area (Å²) in [6.07, 6.45) is 7.34. The molecule has 1 nitrogen and oxygen atoms in total. The van der Waals surface area contributed by atoms with Crippen molar-refractivity contribution >= 4 is 0 Å². The summed E-state index contributed by atoms with van der Waals surface area (Å²) in [7, 11) is 0. The van der Waals surface area contributed by atoms with E-state index < -0.39 is 0 Å². The number of likely N-dealkylation sites (tertiary alicyclic amines) is 1. The van der Waals surface area contributed by atoms with Crippen molar-refractivity contribution in [3.8, 4) is 0 Å². The van der Waals surface area contributed by atoms with Gasteiger partial charge in [-0.1, -0.05) is 6.92 Å². The molecule has 1 saturated carbocycles. The number of nitrogens with zero attached hydrogens (tertiary/aromatic N) is 1. The van der Waals surface area contributed by atoms with Gasteiger partial charge in [0, 0.05) is 6.04 Å². The topological polar surface area (TPSA) is 3.24 Å². The van der Waals surface area contributed by atoms with Crippen molar-refractivity contribution in [1.29, 1.82) is 0 Å². The van der Waals surface area contributed by atoms with Crippen molar-refractivity contribution in [2.45, 2.75) is 45.1 Å². The van der Waals surface area contributed by atoms with Gasteiger partial charge in [0.1, 0.15) is 0 Å². The van der Waals surface area contributed by atoms with Gasteiger partial charge in [0.2, 0.25) is 0 Å². The molecule has 0 N–H and O–H groups in total. The molecule has 0 radical (unpaired) electrons. The molecule has 0 atom stereocenters. The van der Waals surface area contributed by atoms with Gasteiger partial charge in [0.15, 0.2) is 0 Å². The van der Waals surface area contributed by atoms with Gasteiger partial charge in [-0.15, -0.1) is 0 Å². The Morgan fingerprint density at radius 2 is 1.64 bits per heavy atom. The molecule has 0 amide bonds. The summed E-state index contributed by atoms with van der Waals surface area (Å²) in [6.45, 7) is 5.17. The Bertz CT molecular complexity index is 121. The molecular formula is C10H19N. The molecule has 1 heterocycles. The maximum absolute atomic E-state index is 2.67. The van der Waals surface area contributed by atoms with Crippen LogP contribution in [0, 0.1) is 5.92 Å². The average molecular weight is 153 g/mol. The highest BCUT2D eigenvalue weighted by Crippen LogP contribution is 2.29. The molecule has 0 aromatic carbocycles. The summed E-state index contributed by atoms with van der Waals surface area (Å²) in [4.78, 5) is 2.67. The van der Waals surface area contributed by atoms with E-state index in [9.17, 15) is 0 Å². The van der Waals surface area contributed by atoms with Crippen LogP contribution in [0.25, 0.3) is 0 Å². The van der Waals surface area contributed by atoms with Gasteiger partial charge in [-0.2, -0.15) is 0 Å². The molecule has 0 spiro atoms. The number of hydrogen-bond acceptors (Lipinski definition) is 1. The monoisotopic (exact) mass is 153 g/mol. The Labute approximate surface area is 69.8 Å². The molecular weight excluding hydrogens is 134 g/mol. The Morgan fingerprint density at radius 3 is 2.09 bits per heavy atom. The minimum atomic E-state index is 0.972. The lowest BCUT2D eigenvalue weighted by molar-refractivity contribution is 0.0812. The Balaban J connectivity index is 1.77. The van der Waals surface area contributed by atoms with Gasteiger partial charge in [0.05, 0.1) is 0 Å². The van der Waals surface area contributed by atoms with E-state index >= 15 is 0 Å². The maximum Gasteiger partial charge on any atom is 0.00954 e. The summed E-state index contributed by atoms with van der Waals surface area (Å²) in [6, 6.07) is 0.972. The number of hydrogen-bond donors (Lipinski definition) is 0. The normalized spacial score (nSPS) is 40.1. The molecule has 0 unspecified atom stereocenters. The van der Waals surface area contributed by atoms with Crippen molar-refractivity contribution in [2.75, 3.05) is 13.1 Å². The lowest BCUT2D eigenvalue weighted by Gasteiger charge is -2.41. The molecule has 2 fully saturated rings. The predicted octanol–water partition coefficient (Wildman–Crippen LogP) is 2.27. The Kier molecular flexibility index (Phi) is 2.17. The van der Waals surface area contributed by atoms with E-state index in [0.717, 1.165) is 12.0 Å². The standard InChI is InChI=1S/C10H19N/c1-9-3-5-10(6-4-9)11-7-2-8-11/h9-10H,2-8H2,1H3. The maximum atomic E-state index is 2.67. The molecule has 1 saturated heterocycles. The SMILES string of the molecule is CC1CCC(N2CCC2)CC1. The van der Waals surface area contributed by atoms with Crippen molar-refractivity contribution in [3.63, 3.8) is 0 Å². The largest absolute Gasteiger partial charge is 0.300 e. The fourth-order valence-electron chi connectivity index (χ4n) is 2.31. The molecule has 0 aromatic heterocycles. The zero-order chi connectivity index (χ0) is 7.68. The molecule has 1 aliphatic heterocycles. The predicted molar refractivity (Wildman–Crippen MR) is 47.6 cm³/mol. The van der Waals surface area contributed by atoms with E-state index in [2.05, 4.69) is 11.8 Å². The average Bonchev–Trinajstić information content (AvgIpc) is 1.90. The van der Waals surface area contributed by atoms with Crippen LogP contribution in [0.15, 0.2) is 0 Å². The first-order chi connectivity index (χ1) is 5.36. The summed E-state index contributed by atoms with van der Waals surface area (Å²) in [5.41, 5.74) is 0. The highest BCUT2D eigenvalue weighted by Gasteiger charge is 2.26. The molecule has 2 aliphatic rings. The first-order valence-electron chi connectivity index (χ1n) is 5.10. The van der Waals surface area contributed by atoms with Crippen molar-refractivity contribution < 1.29 is 0 Å². The molecule has 64 valence electrons. The third-order valence-corrected chi connectivity index (χ3v) is 3.39. The van der Waals surface area contributed by atoms with Gasteiger partial charge < -0.3 is 4.90 Å². The van der Waals surface area contributed by atoms with E-state index in [-0.39, 0.29) is 0 Å². The van der Waals surface area contributed by atoms with Gasteiger partial charge in [-0.3, -0.25) is 0 Å². The van der Waals surface area contributed by atoms with Crippen LogP contribution in [0.3, 0.4) is 0 Å². The van der Waals surface area contributed by atoms with Gasteiger partial charge in [0.25, 0.3) is 0 Å². The zero-order valence-electron chi connectivity index (χ0n) is 7.55. The summed E-state index contributed by atoms with van der Waals surface area (Å²) >= 11 is 0. The third kappa shape index (κ3) is 1.58. The van der Waals surface area contributed by atoms with Crippen molar-refractivity contribution in [1.82, 2.24) is 4.90 Å². The fourth-order valence-corrected chi connectivity index (χ4v) is 2.31. The lowest BCUT2D eigenvalue weighted by Crippen LogP contribution is -2.46. The quantitative estimate of drug-likeness (QED) is 0.558. The van der Waals surface area contributed by atoms with Gasteiger partial charge in [-0.25, -0.2) is 0 Å². The lowest BCUT2D eigenvalue weighted by atomic mass is 9.85. The van der Waals surface area contributed by atoms with E-state index in [1.165, 1.54) is 45.2 Å². The van der Waals surface area contributed by atoms with E-state index in [0.29, 0.717) is 0 Å². The van der Waals surface area contributed by atoms with Crippen LogP contribution in [0.1, 0.15) is 39.0 Å². The molecule has 2 rings (SSSR count). The van der Waals surface area contributed by atoms with Crippen molar-refractivity contribution in [3.05, 3.63) is 0 Å². The molecule has 11 heavy (non-hydrogen) atoms. The minimum Gasteiger partial charge on any atom is -0.300 e. The second-order valence-corrected chi connectivity index (χ2v) is 4.30. The first-order valence-corrected chi connectivity index (χ1v) is 5.10. The molecule has 0 aromatic rings. The fraction of sp³-hybridized carbons (Fsp3) is 1.00. The Morgan fingerprint density at radius 1 is 1.00 bits per heavy atom. The summed E-state index contributed by atoms with van der Waals surface area (Å²) in [5, 5.41) is 0. The van der Waals surface area contributed by atoms with Gasteiger partial charge >= 0.3 is 0 Å². The molecule has 0 bridgehead atoms. The smallest absolute Gasteiger partial charge is 0.00954 e. The van der Waals surface area contributed by atoms with E-state index in [4.69, 9.17) is 0 Å². The van der Waals surface area contributed by atoms with Crippen LogP contribution in [-0.4, -0.2) is 24.0 Å². The van der Waals surface area contributed by atoms with E-state index in [1.807, 2.05) is 0 Å². The van der Waals surface area contributed by atoms with Crippen LogP contribution in [0.2, 0.25) is 0 Å². The van der Waals surface area contributed by atoms with E-state index in [1.54, 1.807) is 0 Å². The van der Waals surface area contributed by atoms with Crippen molar-refractivity contribution in [2.24, 2.45) is 5.92 Å². The second-order valence-electron chi connectivity index (χ2n) is 4.30. The van der Waals surface area contributed by atoms with Crippen LogP contribution >= 0.6 is 0 Å². The van der Waals surface area contributed by atoms with Crippen LogP contribution in [0.5, 0.6) is 0 Å². The van der Waals surface area contributed by atoms with Gasteiger partial charge in [-0.05, 0) is 51.1 Å². The summed E-state index contributed by atoms with van der Waals surface area (Å²) < 4.78 is 0. The zero-order valence-corrected chi connectivity index (χ0v) is 7.55. The Hall–Kier alpha value is -0.0400. The minimum absolute atomic E-state index is 0.972.